The predicted molar refractivity (Wildman–Crippen MR) is 84.6 cm³/mol. The highest BCUT2D eigenvalue weighted by Crippen LogP contribution is 2.47. The summed E-state index contributed by atoms with van der Waals surface area (Å²) in [6.07, 6.45) is 0.915. The zero-order chi connectivity index (χ0) is 15.7. The van der Waals surface area contributed by atoms with Crippen molar-refractivity contribution in [3.63, 3.8) is 0 Å². The number of thiocarbonyl (C=S) groups is 1. The summed E-state index contributed by atoms with van der Waals surface area (Å²) >= 11 is 5.19. The zero-order valence-corrected chi connectivity index (χ0v) is 12.9. The number of hydrogen-bond acceptors (Lipinski definition) is 1. The van der Waals surface area contributed by atoms with Crippen LogP contribution in [0.25, 0.3) is 0 Å². The minimum atomic E-state index is -4.34. The molecule has 2 saturated carbocycles. The molecule has 2 aliphatic rings. The van der Waals surface area contributed by atoms with E-state index in [1.165, 1.54) is 31.7 Å². The molecule has 3 atom stereocenters. The first-order valence-corrected chi connectivity index (χ1v) is 8.05. The molecule has 0 saturated heterocycles. The maximum absolute atomic E-state index is 12.7. The fourth-order valence-corrected chi connectivity index (χ4v) is 4.00. The molecular formula is C16H19F3N2S. The third-order valence-electron chi connectivity index (χ3n) is 4.86. The van der Waals surface area contributed by atoms with E-state index in [4.69, 9.17) is 12.2 Å². The normalized spacial score (nSPS) is 27.0. The molecule has 0 amide bonds. The van der Waals surface area contributed by atoms with Gasteiger partial charge in [0.15, 0.2) is 5.11 Å². The first-order valence-electron chi connectivity index (χ1n) is 7.64. The molecule has 0 aliphatic heterocycles. The average molecular weight is 328 g/mol. The number of alkyl halides is 3. The molecular weight excluding hydrogens is 309 g/mol. The second-order valence-electron chi connectivity index (χ2n) is 6.35. The molecule has 3 rings (SSSR count). The van der Waals surface area contributed by atoms with E-state index in [0.29, 0.717) is 16.7 Å². The van der Waals surface area contributed by atoms with E-state index in [-0.39, 0.29) is 0 Å². The van der Waals surface area contributed by atoms with Gasteiger partial charge in [-0.1, -0.05) is 12.5 Å². The molecule has 1 aromatic carbocycles. The third-order valence-corrected chi connectivity index (χ3v) is 5.10. The molecule has 2 nitrogen and oxygen atoms in total. The minimum absolute atomic E-state index is 0.361. The standard InChI is InChI=1S/C16H19F3N2S/c17-16(18,19)13-2-1-3-14(8-13)21-15(22)20-9-12-7-10-4-5-11(12)6-10/h1-3,8,10-12H,4-7,9H2,(H2,20,21,22)/t10-,11+,12+/m0/s1. The molecule has 6 heteroatoms. The molecule has 0 spiro atoms. The topological polar surface area (TPSA) is 24.1 Å². The molecule has 2 aliphatic carbocycles. The van der Waals surface area contributed by atoms with Crippen molar-refractivity contribution >= 4 is 23.0 Å². The summed E-state index contributed by atoms with van der Waals surface area (Å²) in [5.74, 6) is 2.33. The second kappa shape index (κ2) is 6.07. The van der Waals surface area contributed by atoms with Crippen molar-refractivity contribution in [3.8, 4) is 0 Å². The zero-order valence-electron chi connectivity index (χ0n) is 12.1. The highest BCUT2D eigenvalue weighted by Gasteiger charge is 2.39. The molecule has 22 heavy (non-hydrogen) atoms. The van der Waals surface area contributed by atoms with Gasteiger partial charge in [0.2, 0.25) is 0 Å². The Hall–Kier alpha value is -1.30. The van der Waals surface area contributed by atoms with E-state index in [2.05, 4.69) is 10.6 Å². The Bertz CT molecular complexity index is 559. The quantitative estimate of drug-likeness (QED) is 0.803. The molecule has 0 heterocycles. The van der Waals surface area contributed by atoms with Gasteiger partial charge < -0.3 is 10.6 Å². The summed E-state index contributed by atoms with van der Waals surface area (Å²) in [5, 5.41) is 6.39. The van der Waals surface area contributed by atoms with Crippen molar-refractivity contribution in [2.75, 3.05) is 11.9 Å². The van der Waals surface area contributed by atoms with E-state index in [1.807, 2.05) is 0 Å². The maximum atomic E-state index is 12.7. The Kier molecular flexibility index (Phi) is 4.30. The molecule has 0 aromatic heterocycles. The lowest BCUT2D eigenvalue weighted by Gasteiger charge is -2.22. The molecule has 120 valence electrons. The van der Waals surface area contributed by atoms with Gasteiger partial charge in [0.05, 0.1) is 5.56 Å². The number of halogens is 3. The van der Waals surface area contributed by atoms with Crippen molar-refractivity contribution in [1.29, 1.82) is 0 Å². The Morgan fingerprint density at radius 2 is 2.05 bits per heavy atom. The van der Waals surface area contributed by atoms with Crippen LogP contribution in [0.15, 0.2) is 24.3 Å². The van der Waals surface area contributed by atoms with Crippen LogP contribution in [0.1, 0.15) is 31.2 Å². The summed E-state index contributed by atoms with van der Waals surface area (Å²) < 4.78 is 38.0. The smallest absolute Gasteiger partial charge is 0.362 e. The summed E-state index contributed by atoms with van der Waals surface area (Å²) in [7, 11) is 0. The average Bonchev–Trinajstić information content (AvgIpc) is 3.07. The first kappa shape index (κ1) is 15.6. The maximum Gasteiger partial charge on any atom is 0.416 e. The van der Waals surface area contributed by atoms with E-state index < -0.39 is 11.7 Å². The van der Waals surface area contributed by atoms with Crippen LogP contribution in [0.4, 0.5) is 18.9 Å². The molecule has 2 N–H and O–H groups in total. The molecule has 2 fully saturated rings. The van der Waals surface area contributed by atoms with Crippen LogP contribution in [0.2, 0.25) is 0 Å². The Morgan fingerprint density at radius 3 is 2.68 bits per heavy atom. The van der Waals surface area contributed by atoms with Crippen LogP contribution in [0, 0.1) is 17.8 Å². The highest BCUT2D eigenvalue weighted by atomic mass is 32.1. The van der Waals surface area contributed by atoms with Crippen molar-refractivity contribution in [2.24, 2.45) is 17.8 Å². The van der Waals surface area contributed by atoms with Crippen molar-refractivity contribution in [2.45, 2.75) is 31.9 Å². The van der Waals surface area contributed by atoms with Gasteiger partial charge in [-0.05, 0) is 67.4 Å². The van der Waals surface area contributed by atoms with E-state index in [1.54, 1.807) is 6.07 Å². The number of hydrogen-bond donors (Lipinski definition) is 2. The lowest BCUT2D eigenvalue weighted by atomic mass is 9.89. The monoisotopic (exact) mass is 328 g/mol. The number of nitrogens with one attached hydrogen (secondary N) is 2. The lowest BCUT2D eigenvalue weighted by molar-refractivity contribution is -0.137. The van der Waals surface area contributed by atoms with Gasteiger partial charge in [0.25, 0.3) is 0 Å². The summed E-state index contributed by atoms with van der Waals surface area (Å²) in [6, 6.07) is 5.09. The van der Waals surface area contributed by atoms with Gasteiger partial charge in [-0.25, -0.2) is 0 Å². The van der Waals surface area contributed by atoms with E-state index in [0.717, 1.165) is 30.5 Å². The first-order chi connectivity index (χ1) is 10.4. The van der Waals surface area contributed by atoms with Gasteiger partial charge in [0, 0.05) is 12.2 Å². The van der Waals surface area contributed by atoms with Crippen molar-refractivity contribution in [3.05, 3.63) is 29.8 Å². The molecule has 0 radical (unpaired) electrons. The van der Waals surface area contributed by atoms with Gasteiger partial charge in [0.1, 0.15) is 0 Å². The summed E-state index contributed by atoms with van der Waals surface area (Å²) in [4.78, 5) is 0. The van der Waals surface area contributed by atoms with Crippen molar-refractivity contribution in [1.82, 2.24) is 5.32 Å². The summed E-state index contributed by atoms with van der Waals surface area (Å²) in [5.41, 5.74) is -0.311. The van der Waals surface area contributed by atoms with Crippen LogP contribution < -0.4 is 10.6 Å². The van der Waals surface area contributed by atoms with Crippen LogP contribution >= 0.6 is 12.2 Å². The number of anilines is 1. The van der Waals surface area contributed by atoms with Gasteiger partial charge in [-0.3, -0.25) is 0 Å². The van der Waals surface area contributed by atoms with Crippen molar-refractivity contribution < 1.29 is 13.2 Å². The van der Waals surface area contributed by atoms with Gasteiger partial charge in [-0.15, -0.1) is 0 Å². The molecule has 2 bridgehead atoms. The van der Waals surface area contributed by atoms with Gasteiger partial charge >= 0.3 is 6.18 Å². The van der Waals surface area contributed by atoms with Crippen LogP contribution in [-0.4, -0.2) is 11.7 Å². The third kappa shape index (κ3) is 3.54. The van der Waals surface area contributed by atoms with Crippen LogP contribution in [0.3, 0.4) is 0 Å². The van der Waals surface area contributed by atoms with E-state index >= 15 is 0 Å². The highest BCUT2D eigenvalue weighted by molar-refractivity contribution is 7.80. The Labute approximate surface area is 133 Å². The molecule has 1 aromatic rings. The largest absolute Gasteiger partial charge is 0.416 e. The summed E-state index contributed by atoms with van der Waals surface area (Å²) in [6.45, 7) is 0.811. The van der Waals surface area contributed by atoms with Crippen LogP contribution in [-0.2, 0) is 6.18 Å². The lowest BCUT2D eigenvalue weighted by Crippen LogP contribution is -2.34. The van der Waals surface area contributed by atoms with Gasteiger partial charge in [-0.2, -0.15) is 13.2 Å². The SMILES string of the molecule is FC(F)(F)c1cccc(NC(=S)NC[C@H]2C[C@H]3CC[C@@H]2C3)c1. The Morgan fingerprint density at radius 1 is 1.23 bits per heavy atom. The Balaban J connectivity index is 1.51. The fourth-order valence-electron chi connectivity index (χ4n) is 3.80. The number of rotatable bonds is 3. The minimum Gasteiger partial charge on any atom is -0.362 e. The number of benzene rings is 1. The number of fused-ring (bicyclic) bond motifs is 2. The van der Waals surface area contributed by atoms with E-state index in [9.17, 15) is 13.2 Å². The predicted octanol–water partition coefficient (Wildman–Crippen LogP) is 4.43. The second-order valence-corrected chi connectivity index (χ2v) is 6.76. The molecule has 0 unspecified atom stereocenters. The van der Waals surface area contributed by atoms with Crippen LogP contribution in [0.5, 0.6) is 0 Å². The fraction of sp³-hybridized carbons (Fsp3) is 0.562.